The van der Waals surface area contributed by atoms with Gasteiger partial charge in [0.05, 0.1) is 8.07 Å². The van der Waals surface area contributed by atoms with Crippen molar-refractivity contribution in [2.75, 3.05) is 6.61 Å². The molecule has 0 aromatic heterocycles. The van der Waals surface area contributed by atoms with Crippen LogP contribution >= 0.6 is 0 Å². The minimum absolute atomic E-state index is 0.434. The molecule has 2 heteroatoms. The molecule has 0 radical (unpaired) electrons. The predicted octanol–water partition coefficient (Wildman–Crippen LogP) is 5.52. The second-order valence-electron chi connectivity index (χ2n) is 7.43. The maximum absolute atomic E-state index is 6.02. The third-order valence-corrected chi connectivity index (χ3v) is 9.36. The maximum atomic E-state index is 6.02. The highest BCUT2D eigenvalue weighted by Gasteiger charge is 2.43. The molecule has 0 heterocycles. The zero-order valence-electron chi connectivity index (χ0n) is 15.4. The molecule has 1 nitrogen and oxygen atoms in total. The fourth-order valence-electron chi connectivity index (χ4n) is 4.36. The molecule has 1 aliphatic carbocycles. The first kappa shape index (κ1) is 16.9. The summed E-state index contributed by atoms with van der Waals surface area (Å²) in [4.78, 5) is 0. The number of para-hydroxylation sites is 1. The second kappa shape index (κ2) is 6.62. The Morgan fingerprint density at radius 1 is 0.846 bits per heavy atom. The Bertz CT molecular complexity index is 912. The summed E-state index contributed by atoms with van der Waals surface area (Å²) >= 11 is 0. The highest BCUT2D eigenvalue weighted by Crippen LogP contribution is 2.48. The first-order chi connectivity index (χ1) is 12.6. The first-order valence-electron chi connectivity index (χ1n) is 9.16. The van der Waals surface area contributed by atoms with Gasteiger partial charge in [0.25, 0.3) is 0 Å². The van der Waals surface area contributed by atoms with Crippen LogP contribution in [0.15, 0.2) is 85.5 Å². The van der Waals surface area contributed by atoms with Crippen LogP contribution in [0.4, 0.5) is 0 Å². The molecule has 0 unspecified atom stereocenters. The molecule has 0 aliphatic heterocycles. The molecule has 3 aromatic carbocycles. The lowest BCUT2D eigenvalue weighted by Gasteiger charge is -2.33. The maximum Gasteiger partial charge on any atom is 0.119 e. The number of fused-ring (bicyclic) bond motifs is 3. The van der Waals surface area contributed by atoms with Crippen LogP contribution in [0.2, 0.25) is 13.1 Å². The number of rotatable bonds is 5. The summed E-state index contributed by atoms with van der Waals surface area (Å²) < 4.78 is 6.02. The van der Waals surface area contributed by atoms with Crippen molar-refractivity contribution in [1.29, 1.82) is 0 Å². The lowest BCUT2D eigenvalue weighted by Crippen LogP contribution is -2.48. The zero-order valence-corrected chi connectivity index (χ0v) is 16.4. The Balaban J connectivity index is 1.88. The lowest BCUT2D eigenvalue weighted by molar-refractivity contribution is 0.366. The highest BCUT2D eigenvalue weighted by molar-refractivity contribution is 6.92. The smallest absolute Gasteiger partial charge is 0.119 e. The van der Waals surface area contributed by atoms with Gasteiger partial charge in [0.2, 0.25) is 0 Å². The molecule has 0 fully saturated rings. The average molecular weight is 357 g/mol. The van der Waals surface area contributed by atoms with E-state index in [4.69, 9.17) is 4.74 Å². The van der Waals surface area contributed by atoms with Crippen LogP contribution in [0.3, 0.4) is 0 Å². The number of hydrogen-bond donors (Lipinski definition) is 0. The summed E-state index contributed by atoms with van der Waals surface area (Å²) in [7, 11) is -1.90. The molecule has 0 spiro atoms. The molecule has 26 heavy (non-hydrogen) atoms. The lowest BCUT2D eigenvalue weighted by atomic mass is 10.1. The van der Waals surface area contributed by atoms with Crippen molar-refractivity contribution in [3.8, 4) is 16.9 Å². The van der Waals surface area contributed by atoms with Gasteiger partial charge in [-0.1, -0.05) is 92.5 Å². The van der Waals surface area contributed by atoms with E-state index >= 15 is 0 Å². The molecule has 0 amide bonds. The van der Waals surface area contributed by atoms with E-state index < -0.39 is 8.07 Å². The minimum atomic E-state index is -1.90. The highest BCUT2D eigenvalue weighted by atomic mass is 28.3. The molecule has 0 N–H and O–H groups in total. The van der Waals surface area contributed by atoms with Crippen LogP contribution in [0.25, 0.3) is 11.1 Å². The Morgan fingerprint density at radius 3 is 2.00 bits per heavy atom. The van der Waals surface area contributed by atoms with E-state index in [2.05, 4.69) is 92.5 Å². The topological polar surface area (TPSA) is 9.23 Å². The molecule has 1 aliphatic rings. The summed E-state index contributed by atoms with van der Waals surface area (Å²) in [6.07, 6.45) is 1.81. The molecular weight excluding hydrogens is 332 g/mol. The van der Waals surface area contributed by atoms with E-state index in [1.54, 1.807) is 0 Å². The largest absolute Gasteiger partial charge is 0.490 e. The molecular formula is C24H24OSi. The Morgan fingerprint density at radius 2 is 1.38 bits per heavy atom. The van der Waals surface area contributed by atoms with Crippen LogP contribution in [-0.4, -0.2) is 14.7 Å². The van der Waals surface area contributed by atoms with E-state index in [9.17, 15) is 0 Å². The van der Waals surface area contributed by atoms with Crippen LogP contribution in [0, 0.1) is 0 Å². The van der Waals surface area contributed by atoms with Crippen LogP contribution in [0.1, 0.15) is 16.7 Å². The van der Waals surface area contributed by atoms with Crippen LogP contribution in [0.5, 0.6) is 5.75 Å². The molecule has 0 bridgehead atoms. The zero-order chi connectivity index (χ0) is 18.1. The molecule has 0 atom stereocenters. The van der Waals surface area contributed by atoms with Gasteiger partial charge in [0.15, 0.2) is 0 Å². The van der Waals surface area contributed by atoms with E-state index in [-0.39, 0.29) is 0 Å². The van der Waals surface area contributed by atoms with E-state index in [0.29, 0.717) is 12.1 Å². The molecule has 4 rings (SSSR count). The monoisotopic (exact) mass is 356 g/mol. The standard InChI is InChI=1S/C24H24OSi/c1-4-17-25-22-15-9-10-16-23(22)26(2,3)24-20-13-7-5-11-18(20)19-12-6-8-14-21(19)24/h4-16,24H,1,17H2,2-3H3. The summed E-state index contributed by atoms with van der Waals surface area (Å²) in [5.41, 5.74) is 6.13. The van der Waals surface area contributed by atoms with Crippen LogP contribution < -0.4 is 9.92 Å². The minimum Gasteiger partial charge on any atom is -0.490 e. The van der Waals surface area contributed by atoms with Crippen molar-refractivity contribution >= 4 is 13.3 Å². The number of hydrogen-bond acceptors (Lipinski definition) is 1. The first-order valence-corrected chi connectivity index (χ1v) is 12.2. The average Bonchev–Trinajstić information content (AvgIpc) is 3.02. The Kier molecular flexibility index (Phi) is 4.29. The molecule has 130 valence electrons. The summed E-state index contributed by atoms with van der Waals surface area (Å²) in [6, 6.07) is 26.3. The van der Waals surface area contributed by atoms with Gasteiger partial charge < -0.3 is 4.74 Å². The van der Waals surface area contributed by atoms with Crippen molar-refractivity contribution in [3.63, 3.8) is 0 Å². The van der Waals surface area contributed by atoms with E-state index in [1.165, 1.54) is 27.4 Å². The molecule has 3 aromatic rings. The fourth-order valence-corrected chi connectivity index (χ4v) is 8.05. The van der Waals surface area contributed by atoms with Crippen molar-refractivity contribution in [3.05, 3.63) is 96.6 Å². The number of ether oxygens (including phenoxy) is 1. The van der Waals surface area contributed by atoms with Crippen molar-refractivity contribution < 1.29 is 4.74 Å². The Labute approximate surface area is 157 Å². The third kappa shape index (κ3) is 2.62. The van der Waals surface area contributed by atoms with E-state index in [0.717, 1.165) is 5.75 Å². The van der Waals surface area contributed by atoms with Gasteiger partial charge in [-0.05, 0) is 33.5 Å². The van der Waals surface area contributed by atoms with Gasteiger partial charge >= 0.3 is 0 Å². The number of benzene rings is 3. The fraction of sp³-hybridized carbons (Fsp3) is 0.167. The summed E-state index contributed by atoms with van der Waals surface area (Å²) in [5.74, 6) is 1.01. The van der Waals surface area contributed by atoms with Gasteiger partial charge in [-0.25, -0.2) is 0 Å². The van der Waals surface area contributed by atoms with Gasteiger partial charge in [-0.3, -0.25) is 0 Å². The third-order valence-electron chi connectivity index (χ3n) is 5.49. The van der Waals surface area contributed by atoms with Crippen LogP contribution in [-0.2, 0) is 0 Å². The molecule has 0 saturated heterocycles. The normalized spacial score (nSPS) is 13.2. The van der Waals surface area contributed by atoms with Crippen molar-refractivity contribution in [1.82, 2.24) is 0 Å². The molecule has 0 saturated carbocycles. The van der Waals surface area contributed by atoms with Crippen molar-refractivity contribution in [2.45, 2.75) is 18.6 Å². The van der Waals surface area contributed by atoms with Crippen molar-refractivity contribution in [2.24, 2.45) is 0 Å². The summed E-state index contributed by atoms with van der Waals surface area (Å²) in [6.45, 7) is 9.26. The SMILES string of the molecule is C=CCOc1ccccc1[Si](C)(C)C1c2ccccc2-c2ccccc21. The van der Waals surface area contributed by atoms with Gasteiger partial charge in [-0.2, -0.15) is 0 Å². The Hall–Kier alpha value is -2.58. The van der Waals surface area contributed by atoms with Gasteiger partial charge in [0, 0.05) is 5.54 Å². The van der Waals surface area contributed by atoms with Gasteiger partial charge in [-0.15, -0.1) is 0 Å². The predicted molar refractivity (Wildman–Crippen MR) is 113 cm³/mol. The van der Waals surface area contributed by atoms with Gasteiger partial charge in [0.1, 0.15) is 12.4 Å². The summed E-state index contributed by atoms with van der Waals surface area (Å²) in [5, 5.41) is 1.37. The van der Waals surface area contributed by atoms with E-state index in [1.807, 2.05) is 6.08 Å². The second-order valence-corrected chi connectivity index (χ2v) is 12.0. The quantitative estimate of drug-likeness (QED) is 0.432.